The fourth-order valence-corrected chi connectivity index (χ4v) is 1.58. The van der Waals surface area contributed by atoms with Gasteiger partial charge in [0.1, 0.15) is 0 Å². The van der Waals surface area contributed by atoms with Crippen LogP contribution in [-0.4, -0.2) is 28.0 Å². The number of rotatable bonds is 5. The molecule has 2 aromatic heterocycles. The van der Waals surface area contributed by atoms with E-state index < -0.39 is 0 Å². The molecule has 17 heavy (non-hydrogen) atoms. The fourth-order valence-electron chi connectivity index (χ4n) is 1.38. The van der Waals surface area contributed by atoms with E-state index in [0.29, 0.717) is 23.8 Å². The van der Waals surface area contributed by atoms with Crippen molar-refractivity contribution in [2.45, 2.75) is 6.42 Å². The first kappa shape index (κ1) is 11.9. The van der Waals surface area contributed by atoms with Gasteiger partial charge in [-0.25, -0.2) is 4.68 Å². The molecule has 0 atom stereocenters. The monoisotopic (exact) mass is 254 g/mol. The van der Waals surface area contributed by atoms with Crippen molar-refractivity contribution in [2.75, 3.05) is 18.5 Å². The van der Waals surface area contributed by atoms with Crippen LogP contribution >= 0.6 is 11.6 Å². The highest BCUT2D eigenvalue weighted by Gasteiger charge is 2.07. The Balaban J connectivity index is 2.13. The van der Waals surface area contributed by atoms with E-state index in [9.17, 15) is 4.39 Å². The van der Waals surface area contributed by atoms with Crippen LogP contribution in [0.1, 0.15) is 6.42 Å². The Morgan fingerprint density at radius 2 is 2.35 bits per heavy atom. The molecule has 0 saturated heterocycles. The summed E-state index contributed by atoms with van der Waals surface area (Å²) >= 11 is 5.97. The normalized spacial score (nSPS) is 10.5. The highest BCUT2D eigenvalue weighted by atomic mass is 35.5. The van der Waals surface area contributed by atoms with Crippen LogP contribution in [-0.2, 0) is 0 Å². The molecule has 0 aliphatic heterocycles. The molecule has 6 heteroatoms. The standard InChI is InChI=1S/C11H12ClFN4/c12-11-10(15-6-2-4-13)8-17(16-11)9-3-1-5-14-7-9/h1,3,5,7-8,15H,2,4,6H2. The zero-order chi connectivity index (χ0) is 12.1. The lowest BCUT2D eigenvalue weighted by atomic mass is 10.4. The third-order valence-corrected chi connectivity index (χ3v) is 2.48. The van der Waals surface area contributed by atoms with Gasteiger partial charge in [-0.15, -0.1) is 0 Å². The molecular formula is C11H12ClFN4. The van der Waals surface area contributed by atoms with Gasteiger partial charge in [0.15, 0.2) is 5.15 Å². The number of hydrogen-bond acceptors (Lipinski definition) is 3. The predicted octanol–water partition coefficient (Wildman–Crippen LogP) is 2.69. The summed E-state index contributed by atoms with van der Waals surface area (Å²) in [6.07, 6.45) is 5.59. The molecule has 0 radical (unpaired) electrons. The van der Waals surface area contributed by atoms with Crippen LogP contribution in [0.15, 0.2) is 30.7 Å². The summed E-state index contributed by atoms with van der Waals surface area (Å²) in [6.45, 7) is 0.191. The first-order chi connectivity index (χ1) is 8.31. The van der Waals surface area contributed by atoms with E-state index in [0.717, 1.165) is 5.69 Å². The van der Waals surface area contributed by atoms with Gasteiger partial charge in [0.05, 0.1) is 30.4 Å². The van der Waals surface area contributed by atoms with Crippen molar-refractivity contribution in [3.05, 3.63) is 35.9 Å². The zero-order valence-electron chi connectivity index (χ0n) is 9.11. The number of anilines is 1. The Hall–Kier alpha value is -1.62. The largest absolute Gasteiger partial charge is 0.381 e. The molecule has 1 N–H and O–H groups in total. The number of pyridine rings is 1. The smallest absolute Gasteiger partial charge is 0.174 e. The molecule has 2 rings (SSSR count). The van der Waals surface area contributed by atoms with Gasteiger partial charge < -0.3 is 5.32 Å². The minimum Gasteiger partial charge on any atom is -0.381 e. The third kappa shape index (κ3) is 2.94. The van der Waals surface area contributed by atoms with Gasteiger partial charge >= 0.3 is 0 Å². The Morgan fingerprint density at radius 3 is 3.06 bits per heavy atom. The Kier molecular flexibility index (Phi) is 3.93. The maximum absolute atomic E-state index is 12.0. The molecule has 0 amide bonds. The van der Waals surface area contributed by atoms with E-state index in [2.05, 4.69) is 15.4 Å². The maximum Gasteiger partial charge on any atom is 0.174 e. The highest BCUT2D eigenvalue weighted by Crippen LogP contribution is 2.21. The van der Waals surface area contributed by atoms with Crippen molar-refractivity contribution in [2.24, 2.45) is 0 Å². The number of aromatic nitrogens is 3. The molecule has 0 aromatic carbocycles. The van der Waals surface area contributed by atoms with Crippen LogP contribution in [0.4, 0.5) is 10.1 Å². The molecule has 0 unspecified atom stereocenters. The van der Waals surface area contributed by atoms with Crippen molar-refractivity contribution in [3.8, 4) is 5.69 Å². The quantitative estimate of drug-likeness (QED) is 0.835. The Bertz CT molecular complexity index is 472. The first-order valence-electron chi connectivity index (χ1n) is 5.26. The lowest BCUT2D eigenvalue weighted by molar-refractivity contribution is 0.481. The summed E-state index contributed by atoms with van der Waals surface area (Å²) in [5.41, 5.74) is 1.52. The molecular weight excluding hydrogens is 243 g/mol. The van der Waals surface area contributed by atoms with Crippen molar-refractivity contribution in [1.29, 1.82) is 0 Å². The summed E-state index contributed by atoms with van der Waals surface area (Å²) in [7, 11) is 0. The molecule has 0 aliphatic carbocycles. The van der Waals surface area contributed by atoms with Crippen molar-refractivity contribution in [1.82, 2.24) is 14.8 Å². The molecule has 2 aromatic rings. The third-order valence-electron chi connectivity index (χ3n) is 2.21. The second-order valence-corrected chi connectivity index (χ2v) is 3.82. The molecule has 2 heterocycles. The van der Waals surface area contributed by atoms with E-state index in [1.807, 2.05) is 12.1 Å². The average Bonchev–Trinajstić information content (AvgIpc) is 2.73. The van der Waals surface area contributed by atoms with Crippen LogP contribution in [0.25, 0.3) is 5.69 Å². The van der Waals surface area contributed by atoms with E-state index in [1.54, 1.807) is 23.3 Å². The average molecular weight is 255 g/mol. The highest BCUT2D eigenvalue weighted by molar-refractivity contribution is 6.32. The van der Waals surface area contributed by atoms with Gasteiger partial charge in [-0.3, -0.25) is 9.37 Å². The topological polar surface area (TPSA) is 42.7 Å². The molecule has 0 bridgehead atoms. The molecule has 0 saturated carbocycles. The van der Waals surface area contributed by atoms with Crippen LogP contribution in [0.3, 0.4) is 0 Å². The fraction of sp³-hybridized carbons (Fsp3) is 0.273. The summed E-state index contributed by atoms with van der Waals surface area (Å²) in [4.78, 5) is 4.00. The minimum absolute atomic E-state index is 0.346. The molecule has 0 spiro atoms. The lowest BCUT2D eigenvalue weighted by Crippen LogP contribution is -2.01. The van der Waals surface area contributed by atoms with Crippen LogP contribution in [0.5, 0.6) is 0 Å². The van der Waals surface area contributed by atoms with Gasteiger partial charge in [0.25, 0.3) is 0 Å². The maximum atomic E-state index is 12.0. The molecule has 90 valence electrons. The first-order valence-corrected chi connectivity index (χ1v) is 5.64. The van der Waals surface area contributed by atoms with Gasteiger partial charge in [0, 0.05) is 12.7 Å². The van der Waals surface area contributed by atoms with Gasteiger partial charge in [0.2, 0.25) is 0 Å². The Labute approximate surface area is 103 Å². The van der Waals surface area contributed by atoms with Gasteiger partial charge in [-0.1, -0.05) is 11.6 Å². The van der Waals surface area contributed by atoms with Crippen LogP contribution in [0, 0.1) is 0 Å². The summed E-state index contributed by atoms with van der Waals surface area (Å²) in [5.74, 6) is 0. The zero-order valence-corrected chi connectivity index (χ0v) is 9.86. The second kappa shape index (κ2) is 5.63. The van der Waals surface area contributed by atoms with E-state index in [-0.39, 0.29) is 6.67 Å². The van der Waals surface area contributed by atoms with E-state index >= 15 is 0 Å². The van der Waals surface area contributed by atoms with Crippen LogP contribution < -0.4 is 5.32 Å². The second-order valence-electron chi connectivity index (χ2n) is 3.46. The van der Waals surface area contributed by atoms with E-state index in [1.165, 1.54) is 0 Å². The minimum atomic E-state index is -0.346. The molecule has 0 fully saturated rings. The van der Waals surface area contributed by atoms with Gasteiger partial charge in [-0.05, 0) is 18.6 Å². The summed E-state index contributed by atoms with van der Waals surface area (Å²) in [5, 5.41) is 7.54. The van der Waals surface area contributed by atoms with Gasteiger partial charge in [-0.2, -0.15) is 5.10 Å². The SMILES string of the molecule is FCCCNc1cn(-c2cccnc2)nc1Cl. The number of nitrogens with one attached hydrogen (secondary N) is 1. The number of hydrogen-bond donors (Lipinski definition) is 1. The van der Waals surface area contributed by atoms with Crippen molar-refractivity contribution in [3.63, 3.8) is 0 Å². The lowest BCUT2D eigenvalue weighted by Gasteiger charge is -2.00. The molecule has 0 aliphatic rings. The van der Waals surface area contributed by atoms with E-state index in [4.69, 9.17) is 11.6 Å². The summed E-state index contributed by atoms with van der Waals surface area (Å²) in [6, 6.07) is 3.70. The predicted molar refractivity (Wildman–Crippen MR) is 65.5 cm³/mol. The van der Waals surface area contributed by atoms with Crippen molar-refractivity contribution >= 4 is 17.3 Å². The van der Waals surface area contributed by atoms with Crippen LogP contribution in [0.2, 0.25) is 5.15 Å². The molecule has 4 nitrogen and oxygen atoms in total. The number of halogens is 2. The Morgan fingerprint density at radius 1 is 1.47 bits per heavy atom. The van der Waals surface area contributed by atoms with Crippen molar-refractivity contribution < 1.29 is 4.39 Å². The number of alkyl halides is 1. The number of nitrogens with zero attached hydrogens (tertiary/aromatic N) is 3. The summed E-state index contributed by atoms with van der Waals surface area (Å²) < 4.78 is 13.6.